The van der Waals surface area contributed by atoms with E-state index < -0.39 is 0 Å². The number of hydrogen-bond acceptors (Lipinski definition) is 3. The van der Waals surface area contributed by atoms with Gasteiger partial charge in [0.25, 0.3) is 0 Å². The van der Waals surface area contributed by atoms with E-state index in [1.807, 2.05) is 0 Å². The first-order valence-electron chi connectivity index (χ1n) is 8.24. The maximum absolute atomic E-state index is 3.59. The fourth-order valence-electron chi connectivity index (χ4n) is 3.49. The molecule has 2 aliphatic heterocycles. The molecular formula is C16H33N3. The molecule has 2 unspecified atom stereocenters. The van der Waals surface area contributed by atoms with Crippen LogP contribution in [0.1, 0.15) is 40.5 Å². The van der Waals surface area contributed by atoms with Gasteiger partial charge < -0.3 is 15.1 Å². The second kappa shape index (κ2) is 7.05. The highest BCUT2D eigenvalue weighted by Crippen LogP contribution is 2.23. The molecule has 112 valence electrons. The van der Waals surface area contributed by atoms with Crippen molar-refractivity contribution in [2.45, 2.75) is 52.6 Å². The van der Waals surface area contributed by atoms with E-state index in [9.17, 15) is 0 Å². The Morgan fingerprint density at radius 3 is 2.37 bits per heavy atom. The first kappa shape index (κ1) is 15.3. The fourth-order valence-corrected chi connectivity index (χ4v) is 3.49. The standard InChI is InChI=1S/C16H33N3/c1-13(2)17-9-15-5-7-18(10-15)11-16-6-8-19(12-16)14(3)4/h13-17H,5-12H2,1-4H3. The van der Waals surface area contributed by atoms with E-state index in [0.717, 1.165) is 17.9 Å². The zero-order chi connectivity index (χ0) is 13.8. The molecule has 3 heteroatoms. The number of rotatable bonds is 6. The summed E-state index contributed by atoms with van der Waals surface area (Å²) >= 11 is 0. The molecule has 0 aromatic heterocycles. The maximum atomic E-state index is 3.59. The van der Waals surface area contributed by atoms with Crippen LogP contribution in [0, 0.1) is 11.8 Å². The molecule has 0 aromatic carbocycles. The Morgan fingerprint density at radius 2 is 1.74 bits per heavy atom. The minimum atomic E-state index is 0.628. The molecule has 0 saturated carbocycles. The molecule has 19 heavy (non-hydrogen) atoms. The van der Waals surface area contributed by atoms with Crippen LogP contribution in [0.3, 0.4) is 0 Å². The van der Waals surface area contributed by atoms with Gasteiger partial charge in [0.1, 0.15) is 0 Å². The van der Waals surface area contributed by atoms with Gasteiger partial charge in [-0.05, 0) is 58.2 Å². The van der Waals surface area contributed by atoms with Crippen molar-refractivity contribution in [2.75, 3.05) is 39.3 Å². The van der Waals surface area contributed by atoms with Gasteiger partial charge in [-0.15, -0.1) is 0 Å². The van der Waals surface area contributed by atoms with Gasteiger partial charge in [-0.25, -0.2) is 0 Å². The second-order valence-electron chi connectivity index (χ2n) is 7.22. The molecule has 2 heterocycles. The lowest BCUT2D eigenvalue weighted by atomic mass is 10.1. The van der Waals surface area contributed by atoms with Crippen LogP contribution in [0.15, 0.2) is 0 Å². The Morgan fingerprint density at radius 1 is 1.00 bits per heavy atom. The highest BCUT2D eigenvalue weighted by molar-refractivity contribution is 4.84. The van der Waals surface area contributed by atoms with E-state index >= 15 is 0 Å². The number of hydrogen-bond donors (Lipinski definition) is 1. The van der Waals surface area contributed by atoms with Gasteiger partial charge in [-0.3, -0.25) is 0 Å². The molecule has 3 nitrogen and oxygen atoms in total. The lowest BCUT2D eigenvalue weighted by Gasteiger charge is -2.23. The summed E-state index contributed by atoms with van der Waals surface area (Å²) in [6, 6.07) is 1.36. The highest BCUT2D eigenvalue weighted by atomic mass is 15.2. The minimum Gasteiger partial charge on any atom is -0.314 e. The quantitative estimate of drug-likeness (QED) is 0.794. The maximum Gasteiger partial charge on any atom is 0.00387 e. The summed E-state index contributed by atoms with van der Waals surface area (Å²) in [6.45, 7) is 17.0. The van der Waals surface area contributed by atoms with Crippen molar-refractivity contribution in [1.29, 1.82) is 0 Å². The van der Waals surface area contributed by atoms with Crippen LogP contribution in [0.4, 0.5) is 0 Å². The Kier molecular flexibility index (Phi) is 5.67. The summed E-state index contributed by atoms with van der Waals surface area (Å²) < 4.78 is 0. The summed E-state index contributed by atoms with van der Waals surface area (Å²) in [6.07, 6.45) is 2.80. The third-order valence-corrected chi connectivity index (χ3v) is 4.75. The largest absolute Gasteiger partial charge is 0.314 e. The van der Waals surface area contributed by atoms with E-state index in [2.05, 4.69) is 42.8 Å². The van der Waals surface area contributed by atoms with Gasteiger partial charge in [0.05, 0.1) is 0 Å². The molecule has 0 bridgehead atoms. The van der Waals surface area contributed by atoms with E-state index in [0.29, 0.717) is 6.04 Å². The van der Waals surface area contributed by atoms with Crippen molar-refractivity contribution >= 4 is 0 Å². The molecule has 2 atom stereocenters. The summed E-state index contributed by atoms with van der Waals surface area (Å²) in [7, 11) is 0. The summed E-state index contributed by atoms with van der Waals surface area (Å²) in [5.74, 6) is 1.80. The summed E-state index contributed by atoms with van der Waals surface area (Å²) in [4.78, 5) is 5.35. The molecule has 0 amide bonds. The van der Waals surface area contributed by atoms with Gasteiger partial charge in [-0.2, -0.15) is 0 Å². The molecule has 1 N–H and O–H groups in total. The lowest BCUT2D eigenvalue weighted by Crippen LogP contribution is -2.33. The minimum absolute atomic E-state index is 0.628. The third-order valence-electron chi connectivity index (χ3n) is 4.75. The van der Waals surface area contributed by atoms with Crippen molar-refractivity contribution in [3.05, 3.63) is 0 Å². The van der Waals surface area contributed by atoms with E-state index in [1.165, 1.54) is 52.1 Å². The predicted molar refractivity (Wildman–Crippen MR) is 82.5 cm³/mol. The molecular weight excluding hydrogens is 234 g/mol. The molecule has 0 aliphatic carbocycles. The van der Waals surface area contributed by atoms with Crippen molar-refractivity contribution in [3.63, 3.8) is 0 Å². The third kappa shape index (κ3) is 4.73. The SMILES string of the molecule is CC(C)NCC1CCN(CC2CCN(C(C)C)C2)C1. The smallest absolute Gasteiger partial charge is 0.00387 e. The Labute approximate surface area is 119 Å². The van der Waals surface area contributed by atoms with Gasteiger partial charge in [-0.1, -0.05) is 13.8 Å². The van der Waals surface area contributed by atoms with Crippen LogP contribution in [-0.4, -0.2) is 61.2 Å². The number of nitrogens with one attached hydrogen (secondary N) is 1. The van der Waals surface area contributed by atoms with Crippen LogP contribution in [0.2, 0.25) is 0 Å². The number of nitrogens with zero attached hydrogens (tertiary/aromatic N) is 2. The van der Waals surface area contributed by atoms with Crippen molar-refractivity contribution in [3.8, 4) is 0 Å². The topological polar surface area (TPSA) is 18.5 Å². The summed E-state index contributed by atoms with van der Waals surface area (Å²) in [5.41, 5.74) is 0. The van der Waals surface area contributed by atoms with Crippen molar-refractivity contribution in [2.24, 2.45) is 11.8 Å². The fraction of sp³-hybridized carbons (Fsp3) is 1.00. The van der Waals surface area contributed by atoms with Gasteiger partial charge in [0.15, 0.2) is 0 Å². The van der Waals surface area contributed by atoms with Gasteiger partial charge >= 0.3 is 0 Å². The van der Waals surface area contributed by atoms with E-state index in [-0.39, 0.29) is 0 Å². The van der Waals surface area contributed by atoms with Gasteiger partial charge in [0, 0.05) is 31.7 Å². The van der Waals surface area contributed by atoms with Crippen LogP contribution >= 0.6 is 0 Å². The molecule has 2 rings (SSSR count). The molecule has 0 radical (unpaired) electrons. The molecule has 2 fully saturated rings. The first-order valence-corrected chi connectivity index (χ1v) is 8.24. The summed E-state index contributed by atoms with van der Waals surface area (Å²) in [5, 5.41) is 3.59. The Balaban J connectivity index is 1.65. The van der Waals surface area contributed by atoms with Gasteiger partial charge in [0.2, 0.25) is 0 Å². The zero-order valence-electron chi connectivity index (χ0n) is 13.4. The highest BCUT2D eigenvalue weighted by Gasteiger charge is 2.29. The van der Waals surface area contributed by atoms with Crippen LogP contribution in [0.25, 0.3) is 0 Å². The average Bonchev–Trinajstić information content (AvgIpc) is 2.96. The molecule has 0 spiro atoms. The van der Waals surface area contributed by atoms with Crippen molar-refractivity contribution < 1.29 is 0 Å². The average molecular weight is 267 g/mol. The second-order valence-corrected chi connectivity index (χ2v) is 7.22. The van der Waals surface area contributed by atoms with E-state index in [4.69, 9.17) is 0 Å². The number of likely N-dealkylation sites (tertiary alicyclic amines) is 2. The van der Waals surface area contributed by atoms with E-state index in [1.54, 1.807) is 0 Å². The normalized spacial score (nSPS) is 30.0. The monoisotopic (exact) mass is 267 g/mol. The van der Waals surface area contributed by atoms with Crippen LogP contribution in [-0.2, 0) is 0 Å². The van der Waals surface area contributed by atoms with Crippen LogP contribution in [0.5, 0.6) is 0 Å². The zero-order valence-corrected chi connectivity index (χ0v) is 13.4. The predicted octanol–water partition coefficient (Wildman–Crippen LogP) is 2.04. The molecule has 2 aliphatic rings. The Bertz CT molecular complexity index is 265. The first-order chi connectivity index (χ1) is 9.04. The molecule has 2 saturated heterocycles. The Hall–Kier alpha value is -0.120. The molecule has 0 aromatic rings. The lowest BCUT2D eigenvalue weighted by molar-refractivity contribution is 0.234. The van der Waals surface area contributed by atoms with Crippen LogP contribution < -0.4 is 5.32 Å². The van der Waals surface area contributed by atoms with Crippen molar-refractivity contribution in [1.82, 2.24) is 15.1 Å².